The van der Waals surface area contributed by atoms with Gasteiger partial charge in [-0.15, -0.1) is 0 Å². The van der Waals surface area contributed by atoms with Gasteiger partial charge in [0.05, 0.1) is 70.0 Å². The maximum absolute atomic E-state index is 13.1. The first-order valence-corrected chi connectivity index (χ1v) is 23.1. The highest BCUT2D eigenvalue weighted by atomic mass is 19.4. The number of ether oxygens (including phenoxy) is 4. The molecule has 2 aliphatic heterocycles. The van der Waals surface area contributed by atoms with Crippen molar-refractivity contribution in [1.29, 1.82) is 0 Å². The Morgan fingerprint density at radius 3 is 1.74 bits per heavy atom. The van der Waals surface area contributed by atoms with E-state index in [2.05, 4.69) is 35.9 Å². The number of aromatic nitrogens is 4. The van der Waals surface area contributed by atoms with Crippen LogP contribution in [0.1, 0.15) is 88.9 Å². The van der Waals surface area contributed by atoms with E-state index >= 15 is 0 Å². The van der Waals surface area contributed by atoms with Gasteiger partial charge >= 0.3 is 12.4 Å². The minimum Gasteiger partial charge on any atom is -0.388 e. The molecule has 68 heavy (non-hydrogen) atoms. The number of nitrogens with one attached hydrogen (secondary N) is 3. The molecule has 4 heterocycles. The van der Waals surface area contributed by atoms with Crippen LogP contribution in [-0.4, -0.2) is 152 Å². The van der Waals surface area contributed by atoms with Gasteiger partial charge in [0, 0.05) is 44.0 Å². The minimum atomic E-state index is -4.68. The number of rotatable bonds is 21. The van der Waals surface area contributed by atoms with Crippen molar-refractivity contribution in [2.24, 2.45) is 23.7 Å². The van der Waals surface area contributed by atoms with Crippen LogP contribution in [0.3, 0.4) is 0 Å². The second-order valence-electron chi connectivity index (χ2n) is 18.1. The number of alkyl halides is 6. The first-order chi connectivity index (χ1) is 32.3. The van der Waals surface area contributed by atoms with E-state index in [1.54, 1.807) is 6.92 Å². The summed E-state index contributed by atoms with van der Waals surface area (Å²) in [6, 6.07) is -1.00. The number of hydrogen-bond acceptors (Lipinski definition) is 17. The smallest absolute Gasteiger partial charge is 0.388 e. The average molecular weight is 978 g/mol. The SMILES string of the molecule is CCC(=O)NC(COCCC(=O)CC1CCC([C@H]2OC[C@H](Nc3nccc(C(F)(F)F)n3)[C@@H](O)[C@H]2O)C1)COCCC(=O)C1CCC([C@H]2OC[C@H](Nc3nccc(C(F)(F)F)n3)[C@@H](O)[C@H]2O)CC1. The van der Waals surface area contributed by atoms with Crippen LogP contribution in [-0.2, 0) is 45.7 Å². The molecule has 1 amide bonds. The van der Waals surface area contributed by atoms with Crippen molar-refractivity contribution in [3.05, 3.63) is 35.9 Å². The lowest BCUT2D eigenvalue weighted by Gasteiger charge is -2.43. The molecule has 0 radical (unpaired) electrons. The van der Waals surface area contributed by atoms with E-state index in [0.29, 0.717) is 44.9 Å². The van der Waals surface area contributed by atoms with Gasteiger partial charge in [-0.05, 0) is 74.8 Å². The number of nitrogens with zero attached hydrogens (tertiary/aromatic N) is 4. The fourth-order valence-electron chi connectivity index (χ4n) is 9.54. The fraction of sp³-hybridized carbons (Fsp3) is 0.750. The first kappa shape index (κ1) is 53.2. The molecule has 7 N–H and O–H groups in total. The van der Waals surface area contributed by atoms with E-state index < -0.39 is 78.5 Å². The topological polar surface area (TPSA) is 257 Å². The summed E-state index contributed by atoms with van der Waals surface area (Å²) >= 11 is 0. The predicted octanol–water partition coefficient (Wildman–Crippen LogP) is 3.27. The average Bonchev–Trinajstić information content (AvgIpc) is 3.77. The molecule has 2 aromatic rings. The summed E-state index contributed by atoms with van der Waals surface area (Å²) in [6.07, 6.45) is -9.52. The van der Waals surface area contributed by atoms with Gasteiger partial charge in [0.1, 0.15) is 47.4 Å². The van der Waals surface area contributed by atoms with Gasteiger partial charge in [0.2, 0.25) is 17.8 Å². The summed E-state index contributed by atoms with van der Waals surface area (Å²) in [4.78, 5) is 52.7. The van der Waals surface area contributed by atoms with Crippen molar-refractivity contribution < 1.29 is 80.1 Å². The summed E-state index contributed by atoms with van der Waals surface area (Å²) in [5.41, 5.74) is -2.31. The van der Waals surface area contributed by atoms with Crippen LogP contribution in [0.2, 0.25) is 0 Å². The summed E-state index contributed by atoms with van der Waals surface area (Å²) in [7, 11) is 0. The molecule has 18 nitrogen and oxygen atoms in total. The van der Waals surface area contributed by atoms with E-state index in [1.165, 1.54) is 0 Å². The third-order valence-corrected chi connectivity index (χ3v) is 13.3. The van der Waals surface area contributed by atoms with Gasteiger partial charge in [0.25, 0.3) is 0 Å². The highest BCUT2D eigenvalue weighted by Crippen LogP contribution is 2.40. The molecular weight excluding hydrogens is 917 g/mol. The van der Waals surface area contributed by atoms with Crippen LogP contribution in [0.15, 0.2) is 24.5 Å². The van der Waals surface area contributed by atoms with Gasteiger partial charge in [0.15, 0.2) is 0 Å². The predicted molar refractivity (Wildman–Crippen MR) is 226 cm³/mol. The Kier molecular flexibility index (Phi) is 18.9. The highest BCUT2D eigenvalue weighted by Gasteiger charge is 2.46. The molecule has 2 aromatic heterocycles. The van der Waals surface area contributed by atoms with Gasteiger partial charge in [-0.1, -0.05) is 6.92 Å². The lowest BCUT2D eigenvalue weighted by molar-refractivity contribution is -0.164. The van der Waals surface area contributed by atoms with Crippen molar-refractivity contribution in [3.8, 4) is 0 Å². The molecule has 6 rings (SSSR count). The lowest BCUT2D eigenvalue weighted by Crippen LogP contribution is -2.58. The zero-order chi connectivity index (χ0) is 49.2. The number of Topliss-reactive ketones (excluding diaryl/α,β-unsaturated/α-hetero) is 2. The number of halogens is 6. The molecule has 0 spiro atoms. The Morgan fingerprint density at radius 1 is 0.721 bits per heavy atom. The Hall–Kier alpha value is -4.17. The van der Waals surface area contributed by atoms with Crippen LogP contribution in [0.25, 0.3) is 0 Å². The van der Waals surface area contributed by atoms with Crippen LogP contribution < -0.4 is 16.0 Å². The van der Waals surface area contributed by atoms with Crippen molar-refractivity contribution >= 4 is 29.4 Å². The molecule has 4 fully saturated rings. The van der Waals surface area contributed by atoms with Gasteiger partial charge in [-0.25, -0.2) is 19.9 Å². The van der Waals surface area contributed by atoms with Crippen LogP contribution >= 0.6 is 0 Å². The van der Waals surface area contributed by atoms with Crippen LogP contribution in [0.5, 0.6) is 0 Å². The minimum absolute atomic E-state index is 0.00501. The number of ketones is 2. The third kappa shape index (κ3) is 14.7. The Balaban J connectivity index is 0.842. The van der Waals surface area contributed by atoms with Gasteiger partial charge in [-0.2, -0.15) is 26.3 Å². The van der Waals surface area contributed by atoms with E-state index in [9.17, 15) is 61.2 Å². The highest BCUT2D eigenvalue weighted by molar-refractivity contribution is 5.81. The zero-order valence-corrected chi connectivity index (χ0v) is 37.5. The van der Waals surface area contributed by atoms with Crippen molar-refractivity contribution in [2.45, 2.75) is 145 Å². The standard InChI is InChI=1S/C44H61F6N7O11/c1-2-34(60)53-27(19-65-15-11-28(58)18-23-3-4-26(17-23)40-38(64)36(62)30(22-68-40)55-42-52-14-10-33(57-42)44(48,49)50)20-66-16-12-31(59)24-5-7-25(8-6-24)39-37(63)35(61)29(21-67-39)54-41-51-13-9-32(56-41)43(45,46)47/h9-10,13-14,23-27,29-30,35-40,61-64H,2-8,11-12,15-22H2,1H3,(H,53,60)(H,51,54,56)(H,52,55,57)/t23?,24?,25?,26?,27?,29-,30-,35+,36+,37+,38+,39+,40+/m0/s1. The molecular formula is C44H61F6N7O11. The Morgan fingerprint density at radius 2 is 1.22 bits per heavy atom. The Labute approximate surface area is 388 Å². The van der Waals surface area contributed by atoms with Crippen molar-refractivity contribution in [3.63, 3.8) is 0 Å². The molecule has 380 valence electrons. The maximum Gasteiger partial charge on any atom is 0.433 e. The molecule has 2 saturated heterocycles. The van der Waals surface area contributed by atoms with Crippen LogP contribution in [0, 0.1) is 23.7 Å². The molecule has 2 aliphatic carbocycles. The molecule has 11 atom stereocenters. The maximum atomic E-state index is 13.1. The number of carbonyl (C=O) groups excluding carboxylic acids is 3. The van der Waals surface area contributed by atoms with E-state index in [1.807, 2.05) is 0 Å². The number of amides is 1. The monoisotopic (exact) mass is 977 g/mol. The lowest BCUT2D eigenvalue weighted by atomic mass is 9.75. The normalized spacial score (nSPS) is 30.6. The molecule has 0 bridgehead atoms. The first-order valence-electron chi connectivity index (χ1n) is 23.1. The zero-order valence-electron chi connectivity index (χ0n) is 37.5. The summed E-state index contributed by atoms with van der Waals surface area (Å²) in [6.45, 7) is 1.82. The van der Waals surface area contributed by atoms with Gasteiger partial charge < -0.3 is 55.3 Å². The summed E-state index contributed by atoms with van der Waals surface area (Å²) in [5.74, 6) is -1.50. The molecule has 4 aliphatic rings. The number of aliphatic hydroxyl groups excluding tert-OH is 4. The van der Waals surface area contributed by atoms with Crippen molar-refractivity contribution in [2.75, 3.05) is 50.3 Å². The number of anilines is 2. The molecule has 0 aromatic carbocycles. The number of hydrogen-bond donors (Lipinski definition) is 7. The number of carbonyl (C=O) groups is 3. The molecule has 2 saturated carbocycles. The largest absolute Gasteiger partial charge is 0.433 e. The van der Waals surface area contributed by atoms with E-state index in [0.717, 1.165) is 24.5 Å². The van der Waals surface area contributed by atoms with E-state index in [4.69, 9.17) is 18.9 Å². The second kappa shape index (κ2) is 24.1. The fourth-order valence-corrected chi connectivity index (χ4v) is 9.54. The molecule has 3 unspecified atom stereocenters. The number of aliphatic hydroxyl groups is 4. The van der Waals surface area contributed by atoms with Gasteiger partial charge in [-0.3, -0.25) is 14.4 Å². The Bertz CT molecular complexity index is 1970. The quantitative estimate of drug-likeness (QED) is 0.0700. The second-order valence-corrected chi connectivity index (χ2v) is 18.1. The summed E-state index contributed by atoms with van der Waals surface area (Å²) in [5, 5.41) is 51.5. The summed E-state index contributed by atoms with van der Waals surface area (Å²) < 4.78 is 102. The van der Waals surface area contributed by atoms with Crippen molar-refractivity contribution in [1.82, 2.24) is 25.3 Å². The van der Waals surface area contributed by atoms with Crippen LogP contribution in [0.4, 0.5) is 38.2 Å². The third-order valence-electron chi connectivity index (χ3n) is 13.3. The van der Waals surface area contributed by atoms with E-state index in [-0.39, 0.29) is 118 Å². The molecule has 24 heteroatoms.